The van der Waals surface area contributed by atoms with E-state index in [1.807, 2.05) is 35.2 Å². The maximum absolute atomic E-state index is 12.5. The van der Waals surface area contributed by atoms with E-state index in [2.05, 4.69) is 11.9 Å². The summed E-state index contributed by atoms with van der Waals surface area (Å²) in [6.07, 6.45) is 6.04. The first-order chi connectivity index (χ1) is 10.8. The van der Waals surface area contributed by atoms with Crippen LogP contribution in [0.3, 0.4) is 0 Å². The van der Waals surface area contributed by atoms with Crippen LogP contribution in [0.4, 0.5) is 4.79 Å². The van der Waals surface area contributed by atoms with Gasteiger partial charge in [0.2, 0.25) is 0 Å². The van der Waals surface area contributed by atoms with Gasteiger partial charge in [0.1, 0.15) is 6.61 Å². The Morgan fingerprint density at radius 2 is 1.95 bits per heavy atom. The molecular formula is C18H24N2O2. The highest BCUT2D eigenvalue weighted by Gasteiger charge is 2.37. The average Bonchev–Trinajstić information content (AvgIpc) is 2.89. The Bertz CT molecular complexity index is 505. The zero-order valence-corrected chi connectivity index (χ0v) is 12.9. The number of hydrogen-bond donors (Lipinski definition) is 1. The van der Waals surface area contributed by atoms with E-state index >= 15 is 0 Å². The van der Waals surface area contributed by atoms with Gasteiger partial charge in [0, 0.05) is 24.7 Å². The Morgan fingerprint density at radius 1 is 1.27 bits per heavy atom. The van der Waals surface area contributed by atoms with Crippen molar-refractivity contribution in [3.63, 3.8) is 0 Å². The first-order valence-electron chi connectivity index (χ1n) is 8.10. The number of nitrogens with zero attached hydrogens (tertiary/aromatic N) is 1. The van der Waals surface area contributed by atoms with Crippen molar-refractivity contribution >= 4 is 6.09 Å². The van der Waals surface area contributed by atoms with Gasteiger partial charge in [-0.2, -0.15) is 0 Å². The highest BCUT2D eigenvalue weighted by molar-refractivity contribution is 5.68. The van der Waals surface area contributed by atoms with E-state index in [1.54, 1.807) is 6.08 Å². The molecule has 0 aliphatic carbocycles. The fourth-order valence-electron chi connectivity index (χ4n) is 3.60. The molecule has 3 rings (SSSR count). The van der Waals surface area contributed by atoms with Gasteiger partial charge in [-0.25, -0.2) is 4.79 Å². The highest BCUT2D eigenvalue weighted by atomic mass is 16.6. The van der Waals surface area contributed by atoms with Crippen LogP contribution in [0.5, 0.6) is 0 Å². The molecule has 4 heteroatoms. The summed E-state index contributed by atoms with van der Waals surface area (Å²) in [6, 6.07) is 11.2. The third-order valence-corrected chi connectivity index (χ3v) is 4.65. The molecule has 2 saturated heterocycles. The average molecular weight is 300 g/mol. The topological polar surface area (TPSA) is 41.6 Å². The minimum absolute atomic E-state index is 0.227. The predicted molar refractivity (Wildman–Crippen MR) is 86.5 cm³/mol. The number of carbonyl (C=O) groups excluding carboxylic acids is 1. The van der Waals surface area contributed by atoms with Crippen molar-refractivity contribution in [3.8, 4) is 0 Å². The Labute approximate surface area is 132 Å². The van der Waals surface area contributed by atoms with Gasteiger partial charge in [-0.3, -0.25) is 0 Å². The van der Waals surface area contributed by atoms with Crippen LogP contribution in [0.2, 0.25) is 0 Å². The van der Waals surface area contributed by atoms with Crippen LogP contribution < -0.4 is 5.32 Å². The van der Waals surface area contributed by atoms with Crippen molar-refractivity contribution in [2.75, 3.05) is 6.54 Å². The first kappa shape index (κ1) is 15.1. The highest BCUT2D eigenvalue weighted by Crippen LogP contribution is 2.30. The van der Waals surface area contributed by atoms with Gasteiger partial charge in [-0.05, 0) is 31.2 Å². The lowest BCUT2D eigenvalue weighted by molar-refractivity contribution is 0.0739. The molecule has 3 atom stereocenters. The minimum atomic E-state index is -0.227. The quantitative estimate of drug-likeness (QED) is 0.850. The Morgan fingerprint density at radius 3 is 2.59 bits per heavy atom. The molecule has 0 spiro atoms. The largest absolute Gasteiger partial charge is 0.445 e. The van der Waals surface area contributed by atoms with Gasteiger partial charge in [0.25, 0.3) is 0 Å². The second-order valence-electron chi connectivity index (χ2n) is 6.24. The van der Waals surface area contributed by atoms with Crippen molar-refractivity contribution in [2.45, 2.75) is 50.4 Å². The predicted octanol–water partition coefficient (Wildman–Crippen LogP) is 3.09. The van der Waals surface area contributed by atoms with Crippen LogP contribution in [0.1, 0.15) is 31.2 Å². The summed E-state index contributed by atoms with van der Waals surface area (Å²) in [5.74, 6) is 0. The summed E-state index contributed by atoms with van der Waals surface area (Å²) in [7, 11) is 0. The number of nitrogens with one attached hydrogen (secondary N) is 1. The summed E-state index contributed by atoms with van der Waals surface area (Å²) in [6.45, 7) is 4.66. The molecule has 2 unspecified atom stereocenters. The van der Waals surface area contributed by atoms with Crippen molar-refractivity contribution in [3.05, 3.63) is 48.6 Å². The zero-order valence-electron chi connectivity index (χ0n) is 12.9. The Kier molecular flexibility index (Phi) is 4.78. The molecule has 2 aliphatic heterocycles. The van der Waals surface area contributed by atoms with Gasteiger partial charge < -0.3 is 15.0 Å². The third-order valence-electron chi connectivity index (χ3n) is 4.65. The maximum atomic E-state index is 12.5. The van der Waals surface area contributed by atoms with E-state index in [4.69, 9.17) is 4.74 Å². The summed E-state index contributed by atoms with van der Waals surface area (Å²) >= 11 is 0. The summed E-state index contributed by atoms with van der Waals surface area (Å²) in [5.41, 5.74) is 1.01. The second kappa shape index (κ2) is 6.97. The lowest BCUT2D eigenvalue weighted by Crippen LogP contribution is -2.50. The number of rotatable bonds is 5. The first-order valence-corrected chi connectivity index (χ1v) is 8.10. The van der Waals surface area contributed by atoms with Crippen molar-refractivity contribution in [1.29, 1.82) is 0 Å². The number of amides is 1. The van der Waals surface area contributed by atoms with Crippen LogP contribution in [0.25, 0.3) is 0 Å². The Balaban J connectivity index is 1.60. The standard InChI is InChI=1S/C18H24N2O2/c1-2-10-20(17-11-15-8-9-16(12-17)19-15)18(21)22-13-14-6-4-3-5-7-14/h2-7,15-17,19H,1,8-13H2/t15-,16?,17?/m1/s1. The van der Waals surface area contributed by atoms with E-state index in [0.29, 0.717) is 25.2 Å². The molecular weight excluding hydrogens is 276 g/mol. The number of piperidine rings is 1. The number of fused-ring (bicyclic) bond motifs is 2. The number of ether oxygens (including phenoxy) is 1. The SMILES string of the molecule is C=CCN(C(=O)OCc1ccccc1)C1CC2CC[C@H](C1)N2. The molecule has 22 heavy (non-hydrogen) atoms. The molecule has 1 N–H and O–H groups in total. The zero-order chi connectivity index (χ0) is 15.4. The van der Waals surface area contributed by atoms with E-state index < -0.39 is 0 Å². The molecule has 0 radical (unpaired) electrons. The van der Waals surface area contributed by atoms with Gasteiger partial charge in [-0.1, -0.05) is 36.4 Å². The van der Waals surface area contributed by atoms with Gasteiger partial charge >= 0.3 is 6.09 Å². The molecule has 2 heterocycles. The van der Waals surface area contributed by atoms with Crippen LogP contribution in [0, 0.1) is 0 Å². The van der Waals surface area contributed by atoms with Gasteiger partial charge in [0.15, 0.2) is 0 Å². The van der Waals surface area contributed by atoms with Crippen LogP contribution in [-0.2, 0) is 11.3 Å². The molecule has 1 amide bonds. The molecule has 0 saturated carbocycles. The van der Waals surface area contributed by atoms with Crippen LogP contribution in [0.15, 0.2) is 43.0 Å². The van der Waals surface area contributed by atoms with E-state index in [-0.39, 0.29) is 12.1 Å². The summed E-state index contributed by atoms with van der Waals surface area (Å²) < 4.78 is 5.51. The normalized spacial score (nSPS) is 26.5. The fourth-order valence-corrected chi connectivity index (χ4v) is 3.60. The number of hydrogen-bond acceptors (Lipinski definition) is 3. The number of benzene rings is 1. The maximum Gasteiger partial charge on any atom is 0.410 e. The molecule has 2 aliphatic rings. The molecule has 118 valence electrons. The Hall–Kier alpha value is -1.81. The molecule has 1 aromatic carbocycles. The van der Waals surface area contributed by atoms with E-state index in [9.17, 15) is 4.79 Å². The summed E-state index contributed by atoms with van der Waals surface area (Å²) in [5, 5.41) is 3.61. The number of carbonyl (C=O) groups is 1. The molecule has 4 nitrogen and oxygen atoms in total. The van der Waals surface area contributed by atoms with Crippen molar-refractivity contribution in [1.82, 2.24) is 10.2 Å². The monoisotopic (exact) mass is 300 g/mol. The molecule has 0 aromatic heterocycles. The lowest BCUT2D eigenvalue weighted by atomic mass is 9.98. The van der Waals surface area contributed by atoms with Crippen LogP contribution in [-0.4, -0.2) is 35.7 Å². The van der Waals surface area contributed by atoms with Gasteiger partial charge in [-0.15, -0.1) is 6.58 Å². The van der Waals surface area contributed by atoms with Crippen molar-refractivity contribution in [2.24, 2.45) is 0 Å². The molecule has 2 fully saturated rings. The molecule has 1 aromatic rings. The lowest BCUT2D eigenvalue weighted by Gasteiger charge is -2.36. The van der Waals surface area contributed by atoms with E-state index in [0.717, 1.165) is 18.4 Å². The summed E-state index contributed by atoms with van der Waals surface area (Å²) in [4.78, 5) is 14.3. The third kappa shape index (κ3) is 3.50. The molecule has 2 bridgehead atoms. The van der Waals surface area contributed by atoms with Crippen molar-refractivity contribution < 1.29 is 9.53 Å². The second-order valence-corrected chi connectivity index (χ2v) is 6.24. The minimum Gasteiger partial charge on any atom is -0.445 e. The smallest absolute Gasteiger partial charge is 0.410 e. The van der Waals surface area contributed by atoms with Gasteiger partial charge in [0.05, 0.1) is 0 Å². The fraction of sp³-hybridized carbons (Fsp3) is 0.500. The van der Waals surface area contributed by atoms with E-state index in [1.165, 1.54) is 12.8 Å². The van der Waals surface area contributed by atoms with Crippen LogP contribution >= 0.6 is 0 Å².